The number of hydrogen-bond acceptors (Lipinski definition) is 4. The van der Waals surface area contributed by atoms with Crippen LogP contribution in [0, 0.1) is 6.07 Å². The smallest absolute Gasteiger partial charge is 0.200 e. The van der Waals surface area contributed by atoms with E-state index in [-0.39, 0.29) is 0 Å². The maximum Gasteiger partial charge on any atom is 0.200 e. The number of anilines is 2. The first-order chi connectivity index (χ1) is 10.8. The van der Waals surface area contributed by atoms with Gasteiger partial charge in [-0.3, -0.25) is 4.90 Å². The Labute approximate surface area is 127 Å². The van der Waals surface area contributed by atoms with Crippen molar-refractivity contribution in [2.24, 2.45) is 0 Å². The molecule has 0 bridgehead atoms. The number of nitrogens with zero attached hydrogens (tertiary/aromatic N) is 4. The van der Waals surface area contributed by atoms with E-state index in [0.717, 1.165) is 28.6 Å². The summed E-state index contributed by atoms with van der Waals surface area (Å²) in [7, 11) is 1.92. The van der Waals surface area contributed by atoms with Gasteiger partial charge in [0.1, 0.15) is 0 Å². The highest BCUT2D eigenvalue weighted by Crippen LogP contribution is 2.24. The number of benzene rings is 1. The average molecular weight is 289 g/mol. The summed E-state index contributed by atoms with van der Waals surface area (Å²) in [4.78, 5) is 6.29. The standard InChI is InChI=1S/C17H13N4O/c1-20(17-8-5-11-22-17)16-10-9-15-18-12-14(21(15)19-16)13-6-3-2-4-7-13/h2-3,5-12H,1H3. The third-order valence-corrected chi connectivity index (χ3v) is 3.53. The summed E-state index contributed by atoms with van der Waals surface area (Å²) >= 11 is 0. The van der Waals surface area contributed by atoms with Crippen LogP contribution in [0.1, 0.15) is 0 Å². The van der Waals surface area contributed by atoms with E-state index in [1.165, 1.54) is 0 Å². The number of hydrogen-bond donors (Lipinski definition) is 0. The fraction of sp³-hybridized carbons (Fsp3) is 0.0588. The Kier molecular flexibility index (Phi) is 2.89. The van der Waals surface area contributed by atoms with Crippen LogP contribution in [0.4, 0.5) is 11.7 Å². The zero-order chi connectivity index (χ0) is 14.9. The first-order valence-corrected chi connectivity index (χ1v) is 6.91. The number of fused-ring (bicyclic) bond motifs is 1. The number of imidazole rings is 1. The van der Waals surface area contributed by atoms with Crippen LogP contribution in [0.15, 0.2) is 65.4 Å². The van der Waals surface area contributed by atoms with E-state index in [4.69, 9.17) is 4.42 Å². The van der Waals surface area contributed by atoms with Gasteiger partial charge in [0.15, 0.2) is 11.5 Å². The van der Waals surface area contributed by atoms with Crippen LogP contribution >= 0.6 is 0 Å². The van der Waals surface area contributed by atoms with Crippen molar-refractivity contribution in [3.63, 3.8) is 0 Å². The minimum Gasteiger partial charge on any atom is -0.448 e. The number of furan rings is 1. The molecule has 0 atom stereocenters. The molecule has 0 aliphatic heterocycles. The molecule has 5 heteroatoms. The second-order valence-corrected chi connectivity index (χ2v) is 4.91. The lowest BCUT2D eigenvalue weighted by molar-refractivity contribution is 0.568. The summed E-state index contributed by atoms with van der Waals surface area (Å²) in [6.07, 6.45) is 3.47. The predicted molar refractivity (Wildman–Crippen MR) is 84.0 cm³/mol. The van der Waals surface area contributed by atoms with Crippen LogP contribution in [0.2, 0.25) is 0 Å². The molecule has 0 amide bonds. The summed E-state index contributed by atoms with van der Waals surface area (Å²) < 4.78 is 7.25. The van der Waals surface area contributed by atoms with E-state index >= 15 is 0 Å². The van der Waals surface area contributed by atoms with E-state index < -0.39 is 0 Å². The number of aromatic nitrogens is 3. The van der Waals surface area contributed by atoms with E-state index in [2.05, 4.69) is 16.1 Å². The normalized spacial score (nSPS) is 11.0. The van der Waals surface area contributed by atoms with Gasteiger partial charge in [0.25, 0.3) is 0 Å². The molecule has 4 rings (SSSR count). The SMILES string of the molecule is CN(c1ccc2ncc(-c3c[c]ccc3)n2n1)c1ccco1. The topological polar surface area (TPSA) is 46.6 Å². The molecule has 0 spiro atoms. The van der Waals surface area contributed by atoms with Gasteiger partial charge in [0.05, 0.1) is 18.2 Å². The maximum absolute atomic E-state index is 5.41. The largest absolute Gasteiger partial charge is 0.448 e. The van der Waals surface area contributed by atoms with Crippen molar-refractivity contribution in [2.75, 3.05) is 11.9 Å². The monoisotopic (exact) mass is 289 g/mol. The van der Waals surface area contributed by atoms with Crippen molar-refractivity contribution in [1.29, 1.82) is 0 Å². The molecule has 0 fully saturated rings. The molecule has 0 aliphatic carbocycles. The molecular weight excluding hydrogens is 276 g/mol. The van der Waals surface area contributed by atoms with E-state index in [0.29, 0.717) is 0 Å². The molecule has 1 aromatic carbocycles. The first kappa shape index (κ1) is 12.6. The van der Waals surface area contributed by atoms with Gasteiger partial charge in [-0.1, -0.05) is 18.2 Å². The van der Waals surface area contributed by atoms with Crippen LogP contribution in [-0.4, -0.2) is 21.6 Å². The second kappa shape index (κ2) is 5.04. The Hall–Kier alpha value is -3.08. The zero-order valence-electron chi connectivity index (χ0n) is 12.0. The first-order valence-electron chi connectivity index (χ1n) is 6.91. The van der Waals surface area contributed by atoms with E-state index in [9.17, 15) is 0 Å². The third-order valence-electron chi connectivity index (χ3n) is 3.53. The lowest BCUT2D eigenvalue weighted by Crippen LogP contribution is -2.12. The fourth-order valence-corrected chi connectivity index (χ4v) is 2.37. The average Bonchev–Trinajstić information content (AvgIpc) is 3.24. The predicted octanol–water partition coefficient (Wildman–Crippen LogP) is 3.56. The van der Waals surface area contributed by atoms with Gasteiger partial charge < -0.3 is 4.42 Å². The Balaban J connectivity index is 1.83. The van der Waals surface area contributed by atoms with Gasteiger partial charge in [-0.05, 0) is 30.3 Å². The summed E-state index contributed by atoms with van der Waals surface area (Å²) in [5.41, 5.74) is 2.76. The molecule has 4 aromatic rings. The van der Waals surface area contributed by atoms with Crippen molar-refractivity contribution in [3.05, 3.63) is 67.1 Å². The zero-order valence-corrected chi connectivity index (χ0v) is 12.0. The lowest BCUT2D eigenvalue weighted by atomic mass is 10.2. The van der Waals surface area contributed by atoms with E-state index in [1.54, 1.807) is 6.26 Å². The highest BCUT2D eigenvalue weighted by molar-refractivity contribution is 5.64. The van der Waals surface area contributed by atoms with Gasteiger partial charge in [-0.15, -0.1) is 5.10 Å². The molecule has 22 heavy (non-hydrogen) atoms. The number of rotatable bonds is 3. The lowest BCUT2D eigenvalue weighted by Gasteiger charge is -2.14. The summed E-state index contributed by atoms with van der Waals surface area (Å²) in [6.45, 7) is 0. The molecule has 0 N–H and O–H groups in total. The van der Waals surface area contributed by atoms with Crippen LogP contribution < -0.4 is 4.90 Å². The molecule has 3 aromatic heterocycles. The van der Waals surface area contributed by atoms with Crippen molar-refractivity contribution in [3.8, 4) is 11.3 Å². The summed E-state index contributed by atoms with van der Waals surface area (Å²) in [5.74, 6) is 1.52. The molecule has 3 heterocycles. The quantitative estimate of drug-likeness (QED) is 0.578. The summed E-state index contributed by atoms with van der Waals surface area (Å²) in [5, 5.41) is 4.67. The molecule has 107 valence electrons. The van der Waals surface area contributed by atoms with Crippen molar-refractivity contribution < 1.29 is 4.42 Å². The van der Waals surface area contributed by atoms with Gasteiger partial charge in [-0.2, -0.15) is 0 Å². The van der Waals surface area contributed by atoms with Crippen molar-refractivity contribution in [1.82, 2.24) is 14.6 Å². The molecule has 0 saturated carbocycles. The Bertz CT molecular complexity index is 897. The van der Waals surface area contributed by atoms with E-state index in [1.807, 2.05) is 71.2 Å². The van der Waals surface area contributed by atoms with Gasteiger partial charge in [-0.25, -0.2) is 9.50 Å². The summed E-state index contributed by atoms with van der Waals surface area (Å²) in [6, 6.07) is 18.5. The minimum atomic E-state index is 0.738. The molecule has 0 unspecified atom stereocenters. The maximum atomic E-state index is 5.41. The Morgan fingerprint density at radius 3 is 2.91 bits per heavy atom. The highest BCUT2D eigenvalue weighted by Gasteiger charge is 2.12. The molecule has 1 radical (unpaired) electrons. The van der Waals surface area contributed by atoms with Crippen LogP contribution in [0.5, 0.6) is 0 Å². The highest BCUT2D eigenvalue weighted by atomic mass is 16.3. The molecule has 0 aliphatic rings. The van der Waals surface area contributed by atoms with Crippen LogP contribution in [0.3, 0.4) is 0 Å². The molecule has 0 saturated heterocycles. The van der Waals surface area contributed by atoms with Crippen LogP contribution in [-0.2, 0) is 0 Å². The third kappa shape index (κ3) is 2.03. The molecular formula is C17H13N4O. The van der Waals surface area contributed by atoms with Gasteiger partial charge in [0.2, 0.25) is 5.88 Å². The Morgan fingerprint density at radius 1 is 1.18 bits per heavy atom. The van der Waals surface area contributed by atoms with Crippen molar-refractivity contribution in [2.45, 2.75) is 0 Å². The fourth-order valence-electron chi connectivity index (χ4n) is 2.37. The minimum absolute atomic E-state index is 0.738. The molecule has 5 nitrogen and oxygen atoms in total. The van der Waals surface area contributed by atoms with Crippen LogP contribution in [0.25, 0.3) is 16.9 Å². The Morgan fingerprint density at radius 2 is 2.14 bits per heavy atom. The van der Waals surface area contributed by atoms with Crippen molar-refractivity contribution >= 4 is 17.3 Å². The second-order valence-electron chi connectivity index (χ2n) is 4.91. The van der Waals surface area contributed by atoms with Gasteiger partial charge in [0, 0.05) is 18.7 Å². The van der Waals surface area contributed by atoms with Gasteiger partial charge >= 0.3 is 0 Å².